The van der Waals surface area contributed by atoms with Crippen molar-refractivity contribution in [2.45, 2.75) is 26.0 Å². The summed E-state index contributed by atoms with van der Waals surface area (Å²) in [5.41, 5.74) is 5.73. The first-order valence-corrected chi connectivity index (χ1v) is 4.26. The lowest BCUT2D eigenvalue weighted by atomic mass is 10.4. The summed E-state index contributed by atoms with van der Waals surface area (Å²) >= 11 is 0. The van der Waals surface area contributed by atoms with E-state index in [4.69, 9.17) is 15.2 Å². The van der Waals surface area contributed by atoms with Gasteiger partial charge in [-0.2, -0.15) is 0 Å². The topological polar surface area (TPSA) is 44.5 Å². The van der Waals surface area contributed by atoms with E-state index in [1.54, 1.807) is 0 Å². The molecule has 0 aromatic rings. The van der Waals surface area contributed by atoms with Crippen molar-refractivity contribution in [3.05, 3.63) is 0 Å². The van der Waals surface area contributed by atoms with Crippen molar-refractivity contribution in [1.82, 2.24) is 0 Å². The van der Waals surface area contributed by atoms with Crippen molar-refractivity contribution in [2.75, 3.05) is 19.8 Å². The Morgan fingerprint density at radius 2 is 2.00 bits per heavy atom. The van der Waals surface area contributed by atoms with Gasteiger partial charge >= 0.3 is 0 Å². The first kappa shape index (κ1) is 8.97. The van der Waals surface area contributed by atoms with Crippen LogP contribution >= 0.6 is 0 Å². The molecule has 0 radical (unpaired) electrons. The van der Waals surface area contributed by atoms with E-state index in [1.165, 1.54) is 0 Å². The Hall–Kier alpha value is -0.120. The maximum Gasteiger partial charge on any atom is 0.0796 e. The second kappa shape index (κ2) is 4.04. The monoisotopic (exact) mass is 159 g/mol. The maximum atomic E-state index is 5.73. The van der Waals surface area contributed by atoms with Gasteiger partial charge in [-0.1, -0.05) is 0 Å². The number of nitrogens with two attached hydrogens (primary N) is 1. The molecule has 1 fully saturated rings. The zero-order chi connectivity index (χ0) is 8.27. The molecule has 0 spiro atoms. The zero-order valence-electron chi connectivity index (χ0n) is 7.25. The Morgan fingerprint density at radius 3 is 2.55 bits per heavy atom. The van der Waals surface area contributed by atoms with Gasteiger partial charge < -0.3 is 15.2 Å². The molecule has 3 unspecified atom stereocenters. The van der Waals surface area contributed by atoms with Gasteiger partial charge in [-0.3, -0.25) is 0 Å². The van der Waals surface area contributed by atoms with Crippen LogP contribution in [0, 0.1) is 5.92 Å². The fourth-order valence-corrected chi connectivity index (χ4v) is 1.25. The van der Waals surface area contributed by atoms with Crippen LogP contribution in [-0.4, -0.2) is 32.0 Å². The van der Waals surface area contributed by atoms with Crippen LogP contribution in [0.4, 0.5) is 0 Å². The van der Waals surface area contributed by atoms with E-state index < -0.39 is 0 Å². The van der Waals surface area contributed by atoms with Gasteiger partial charge in [0.1, 0.15) is 0 Å². The molecule has 0 aromatic carbocycles. The molecule has 0 amide bonds. The third-order valence-electron chi connectivity index (χ3n) is 2.03. The Morgan fingerprint density at radius 1 is 1.27 bits per heavy atom. The third kappa shape index (κ3) is 2.15. The predicted molar refractivity (Wildman–Crippen MR) is 43.4 cm³/mol. The highest BCUT2D eigenvalue weighted by atomic mass is 16.5. The first-order chi connectivity index (χ1) is 5.31. The van der Waals surface area contributed by atoms with E-state index in [-0.39, 0.29) is 12.1 Å². The number of ether oxygens (including phenoxy) is 2. The summed E-state index contributed by atoms with van der Waals surface area (Å²) in [6, 6.07) is 0.210. The average molecular weight is 159 g/mol. The standard InChI is InChI=1S/C8H17NO2/c1-3-10-5-6-7(9)8(6)11-4-2/h6-8H,3-5,9H2,1-2H3. The van der Waals surface area contributed by atoms with E-state index in [9.17, 15) is 0 Å². The average Bonchev–Trinajstić information content (AvgIpc) is 2.59. The Kier molecular flexibility index (Phi) is 3.30. The van der Waals surface area contributed by atoms with E-state index in [2.05, 4.69) is 0 Å². The molecule has 0 bridgehead atoms. The van der Waals surface area contributed by atoms with Gasteiger partial charge in [-0.25, -0.2) is 0 Å². The van der Waals surface area contributed by atoms with Crippen LogP contribution in [0.25, 0.3) is 0 Å². The van der Waals surface area contributed by atoms with Crippen molar-refractivity contribution >= 4 is 0 Å². The molecule has 3 atom stereocenters. The van der Waals surface area contributed by atoms with Crippen LogP contribution in [0.5, 0.6) is 0 Å². The molecule has 11 heavy (non-hydrogen) atoms. The molecule has 1 aliphatic rings. The van der Waals surface area contributed by atoms with Gasteiger partial charge in [0.05, 0.1) is 12.7 Å². The molecule has 3 heteroatoms. The van der Waals surface area contributed by atoms with Crippen molar-refractivity contribution in [1.29, 1.82) is 0 Å². The summed E-state index contributed by atoms with van der Waals surface area (Å²) in [6.45, 7) is 6.25. The van der Waals surface area contributed by atoms with Crippen molar-refractivity contribution in [3.63, 3.8) is 0 Å². The molecule has 0 aliphatic heterocycles. The lowest BCUT2D eigenvalue weighted by Crippen LogP contribution is -2.08. The van der Waals surface area contributed by atoms with Gasteiger partial charge in [-0.15, -0.1) is 0 Å². The van der Waals surface area contributed by atoms with Gasteiger partial charge in [0, 0.05) is 25.2 Å². The fourth-order valence-electron chi connectivity index (χ4n) is 1.25. The molecule has 0 heterocycles. The summed E-state index contributed by atoms with van der Waals surface area (Å²) in [5.74, 6) is 0.440. The van der Waals surface area contributed by atoms with E-state index >= 15 is 0 Å². The highest BCUT2D eigenvalue weighted by Gasteiger charge is 2.48. The van der Waals surface area contributed by atoms with Gasteiger partial charge in [0.15, 0.2) is 0 Å². The number of hydrogen-bond donors (Lipinski definition) is 1. The van der Waals surface area contributed by atoms with Crippen molar-refractivity contribution < 1.29 is 9.47 Å². The highest BCUT2D eigenvalue weighted by molar-refractivity contribution is 5.02. The van der Waals surface area contributed by atoms with Crippen LogP contribution in [0.15, 0.2) is 0 Å². The van der Waals surface area contributed by atoms with E-state index in [0.717, 1.165) is 19.8 Å². The molecular weight excluding hydrogens is 142 g/mol. The summed E-state index contributed by atoms with van der Waals surface area (Å²) in [7, 11) is 0. The van der Waals surface area contributed by atoms with E-state index in [0.29, 0.717) is 5.92 Å². The van der Waals surface area contributed by atoms with Crippen LogP contribution in [-0.2, 0) is 9.47 Å². The largest absolute Gasteiger partial charge is 0.381 e. The van der Waals surface area contributed by atoms with Crippen LogP contribution in [0.3, 0.4) is 0 Å². The van der Waals surface area contributed by atoms with Gasteiger partial charge in [0.2, 0.25) is 0 Å². The molecule has 2 N–H and O–H groups in total. The van der Waals surface area contributed by atoms with E-state index in [1.807, 2.05) is 13.8 Å². The minimum Gasteiger partial charge on any atom is -0.381 e. The Balaban J connectivity index is 2.09. The molecule has 1 aliphatic carbocycles. The smallest absolute Gasteiger partial charge is 0.0796 e. The Labute approximate surface area is 67.9 Å². The summed E-state index contributed by atoms with van der Waals surface area (Å²) < 4.78 is 10.6. The lowest BCUT2D eigenvalue weighted by Gasteiger charge is -1.98. The normalized spacial score (nSPS) is 35.7. The molecule has 0 saturated heterocycles. The van der Waals surface area contributed by atoms with Crippen LogP contribution in [0.1, 0.15) is 13.8 Å². The minimum atomic E-state index is 0.210. The number of hydrogen-bond acceptors (Lipinski definition) is 3. The Bertz CT molecular complexity index is 119. The van der Waals surface area contributed by atoms with Crippen LogP contribution < -0.4 is 5.73 Å². The summed E-state index contributed by atoms with van der Waals surface area (Å²) in [5, 5.41) is 0. The zero-order valence-corrected chi connectivity index (χ0v) is 7.25. The molecule has 1 rings (SSSR count). The van der Waals surface area contributed by atoms with Crippen molar-refractivity contribution in [2.24, 2.45) is 11.7 Å². The molecular formula is C8H17NO2. The maximum absolute atomic E-state index is 5.73. The molecule has 1 saturated carbocycles. The first-order valence-electron chi connectivity index (χ1n) is 4.26. The van der Waals surface area contributed by atoms with Gasteiger partial charge in [-0.05, 0) is 13.8 Å². The second-order valence-corrected chi connectivity index (χ2v) is 2.82. The minimum absolute atomic E-state index is 0.210. The fraction of sp³-hybridized carbons (Fsp3) is 1.00. The van der Waals surface area contributed by atoms with Gasteiger partial charge in [0.25, 0.3) is 0 Å². The molecule has 3 nitrogen and oxygen atoms in total. The quantitative estimate of drug-likeness (QED) is 0.631. The lowest BCUT2D eigenvalue weighted by molar-refractivity contribution is 0.0853. The highest BCUT2D eigenvalue weighted by Crippen LogP contribution is 2.32. The second-order valence-electron chi connectivity index (χ2n) is 2.82. The van der Waals surface area contributed by atoms with Crippen molar-refractivity contribution in [3.8, 4) is 0 Å². The summed E-state index contributed by atoms with van der Waals surface area (Å²) in [6.07, 6.45) is 0.256. The molecule has 66 valence electrons. The predicted octanol–water partition coefficient (Wildman–Crippen LogP) is 0.385. The summed E-state index contributed by atoms with van der Waals surface area (Å²) in [4.78, 5) is 0. The molecule has 0 aromatic heterocycles. The van der Waals surface area contributed by atoms with Crippen LogP contribution in [0.2, 0.25) is 0 Å². The number of rotatable bonds is 5. The SMILES string of the molecule is CCOCC1C(N)C1OCC. The third-order valence-corrected chi connectivity index (χ3v) is 2.03.